The Labute approximate surface area is 99.1 Å². The van der Waals surface area contributed by atoms with Gasteiger partial charge in [0, 0.05) is 26.0 Å². The molecule has 0 aliphatic heterocycles. The molecule has 0 aliphatic rings. The molecule has 0 atom stereocenters. The number of benzene rings is 1. The van der Waals surface area contributed by atoms with E-state index >= 15 is 0 Å². The van der Waals surface area contributed by atoms with Crippen LogP contribution in [-0.2, 0) is 0 Å². The highest BCUT2D eigenvalue weighted by Crippen LogP contribution is 2.22. The molecule has 1 aromatic heterocycles. The first-order valence-electron chi connectivity index (χ1n) is 5.21. The molecule has 0 spiro atoms. The Bertz CT molecular complexity index is 515. The van der Waals surface area contributed by atoms with Crippen LogP contribution in [0.2, 0.25) is 0 Å². The van der Waals surface area contributed by atoms with Crippen molar-refractivity contribution < 1.29 is 4.39 Å². The predicted molar refractivity (Wildman–Crippen MR) is 66.0 cm³/mol. The lowest BCUT2D eigenvalue weighted by molar-refractivity contribution is 0.628. The lowest BCUT2D eigenvalue weighted by Crippen LogP contribution is -2.12. The molecule has 0 saturated heterocycles. The van der Waals surface area contributed by atoms with E-state index in [1.807, 2.05) is 13.1 Å². The van der Waals surface area contributed by atoms with Crippen molar-refractivity contribution in [3.8, 4) is 0 Å². The Hall–Kier alpha value is -2.17. The molecule has 0 fully saturated rings. The van der Waals surface area contributed by atoms with Crippen molar-refractivity contribution in [2.24, 2.45) is 0 Å². The normalized spacial score (nSPS) is 10.1. The fourth-order valence-corrected chi connectivity index (χ4v) is 1.47. The maximum absolute atomic E-state index is 13.1. The summed E-state index contributed by atoms with van der Waals surface area (Å²) in [7, 11) is 3.58. The highest BCUT2D eigenvalue weighted by Gasteiger charge is 2.06. The average Bonchev–Trinajstić information content (AvgIpc) is 2.38. The van der Waals surface area contributed by atoms with Crippen LogP contribution in [-0.4, -0.2) is 24.1 Å². The summed E-state index contributed by atoms with van der Waals surface area (Å²) in [5.74, 6) is 0.970. The molecule has 0 saturated carbocycles. The second kappa shape index (κ2) is 4.78. The van der Waals surface area contributed by atoms with Crippen molar-refractivity contribution in [3.05, 3.63) is 42.3 Å². The molecule has 2 rings (SSSR count). The first-order valence-corrected chi connectivity index (χ1v) is 5.21. The lowest BCUT2D eigenvalue weighted by Gasteiger charge is -2.18. The van der Waals surface area contributed by atoms with E-state index in [4.69, 9.17) is 0 Å². The third-order valence-corrected chi connectivity index (χ3v) is 2.40. The number of anilines is 3. The maximum Gasteiger partial charge on any atom is 0.224 e. The Kier molecular flexibility index (Phi) is 3.18. The van der Waals surface area contributed by atoms with Crippen LogP contribution in [0.1, 0.15) is 0 Å². The van der Waals surface area contributed by atoms with Gasteiger partial charge in [0.2, 0.25) is 5.95 Å². The van der Waals surface area contributed by atoms with Crippen LogP contribution in [0.25, 0.3) is 0 Å². The number of aromatic nitrogens is 2. The zero-order chi connectivity index (χ0) is 12.3. The Morgan fingerprint density at radius 3 is 2.82 bits per heavy atom. The van der Waals surface area contributed by atoms with Crippen molar-refractivity contribution >= 4 is 17.5 Å². The first-order chi connectivity index (χ1) is 8.20. The molecular formula is C12H13FN4. The van der Waals surface area contributed by atoms with Crippen molar-refractivity contribution in [2.45, 2.75) is 0 Å². The molecule has 88 valence electrons. The monoisotopic (exact) mass is 232 g/mol. The van der Waals surface area contributed by atoms with Crippen LogP contribution in [0.4, 0.5) is 21.8 Å². The second-order valence-corrected chi connectivity index (χ2v) is 3.53. The van der Waals surface area contributed by atoms with Gasteiger partial charge in [-0.1, -0.05) is 6.07 Å². The minimum Gasteiger partial charge on any atom is -0.357 e. The molecule has 0 bridgehead atoms. The van der Waals surface area contributed by atoms with Gasteiger partial charge in [0.15, 0.2) is 0 Å². The predicted octanol–water partition coefficient (Wildman–Crippen LogP) is 2.43. The number of hydrogen-bond acceptors (Lipinski definition) is 4. The third-order valence-electron chi connectivity index (χ3n) is 2.40. The maximum atomic E-state index is 13.1. The van der Waals surface area contributed by atoms with Gasteiger partial charge in [-0.05, 0) is 24.3 Å². The fourth-order valence-electron chi connectivity index (χ4n) is 1.47. The number of nitrogens with zero attached hydrogens (tertiary/aromatic N) is 3. The van der Waals surface area contributed by atoms with Gasteiger partial charge in [-0.2, -0.15) is 4.98 Å². The van der Waals surface area contributed by atoms with E-state index in [1.165, 1.54) is 12.1 Å². The summed E-state index contributed by atoms with van der Waals surface area (Å²) in [6, 6.07) is 8.13. The summed E-state index contributed by atoms with van der Waals surface area (Å²) < 4.78 is 13.1. The van der Waals surface area contributed by atoms with E-state index in [2.05, 4.69) is 15.3 Å². The fraction of sp³-hybridized carbons (Fsp3) is 0.167. The summed E-state index contributed by atoms with van der Waals surface area (Å²) in [6.45, 7) is 0. The van der Waals surface area contributed by atoms with E-state index in [1.54, 1.807) is 30.3 Å². The van der Waals surface area contributed by atoms with Gasteiger partial charge in [-0.3, -0.25) is 0 Å². The molecule has 1 aromatic carbocycles. The topological polar surface area (TPSA) is 41.1 Å². The second-order valence-electron chi connectivity index (χ2n) is 3.53. The average molecular weight is 232 g/mol. The standard InChI is InChI=1S/C12H13FN4/c1-14-12-15-7-6-11(16-12)17(2)10-5-3-4-9(13)8-10/h3-8H,1-2H3,(H,14,15,16). The van der Waals surface area contributed by atoms with Gasteiger partial charge in [0.05, 0.1) is 0 Å². The van der Waals surface area contributed by atoms with Gasteiger partial charge in [0.25, 0.3) is 0 Å². The van der Waals surface area contributed by atoms with Crippen LogP contribution < -0.4 is 10.2 Å². The number of hydrogen-bond donors (Lipinski definition) is 1. The highest BCUT2D eigenvalue weighted by molar-refractivity contribution is 5.59. The van der Waals surface area contributed by atoms with E-state index in [9.17, 15) is 4.39 Å². The Morgan fingerprint density at radius 1 is 1.29 bits per heavy atom. The molecule has 4 nitrogen and oxygen atoms in total. The molecule has 0 radical (unpaired) electrons. The Balaban J connectivity index is 2.33. The summed E-state index contributed by atoms with van der Waals surface area (Å²) >= 11 is 0. The summed E-state index contributed by atoms with van der Waals surface area (Å²) in [5, 5.41) is 2.86. The smallest absolute Gasteiger partial charge is 0.224 e. The summed E-state index contributed by atoms with van der Waals surface area (Å²) in [4.78, 5) is 10.1. The van der Waals surface area contributed by atoms with Crippen LogP contribution >= 0.6 is 0 Å². The minimum atomic E-state index is -0.266. The molecule has 0 amide bonds. The molecule has 17 heavy (non-hydrogen) atoms. The van der Waals surface area contributed by atoms with Crippen molar-refractivity contribution in [2.75, 3.05) is 24.3 Å². The molecule has 0 unspecified atom stereocenters. The lowest BCUT2D eigenvalue weighted by atomic mass is 10.3. The van der Waals surface area contributed by atoms with Gasteiger partial charge < -0.3 is 10.2 Å². The molecule has 2 aromatic rings. The van der Waals surface area contributed by atoms with Gasteiger partial charge in [-0.15, -0.1) is 0 Å². The number of halogens is 1. The number of rotatable bonds is 3. The van der Waals surface area contributed by atoms with Crippen LogP contribution in [0.15, 0.2) is 36.5 Å². The zero-order valence-electron chi connectivity index (χ0n) is 9.68. The van der Waals surface area contributed by atoms with Crippen molar-refractivity contribution in [3.63, 3.8) is 0 Å². The van der Waals surface area contributed by atoms with Gasteiger partial charge >= 0.3 is 0 Å². The van der Waals surface area contributed by atoms with Crippen LogP contribution in [0.5, 0.6) is 0 Å². The SMILES string of the molecule is CNc1nccc(N(C)c2cccc(F)c2)n1. The quantitative estimate of drug-likeness (QED) is 0.882. The molecule has 5 heteroatoms. The van der Waals surface area contributed by atoms with Crippen LogP contribution in [0, 0.1) is 5.82 Å². The van der Waals surface area contributed by atoms with Gasteiger partial charge in [-0.25, -0.2) is 9.37 Å². The van der Waals surface area contributed by atoms with Crippen LogP contribution in [0.3, 0.4) is 0 Å². The zero-order valence-corrected chi connectivity index (χ0v) is 9.68. The largest absolute Gasteiger partial charge is 0.357 e. The highest BCUT2D eigenvalue weighted by atomic mass is 19.1. The van der Waals surface area contributed by atoms with E-state index in [0.29, 0.717) is 11.8 Å². The number of nitrogens with one attached hydrogen (secondary N) is 1. The van der Waals surface area contributed by atoms with E-state index in [0.717, 1.165) is 5.69 Å². The van der Waals surface area contributed by atoms with E-state index in [-0.39, 0.29) is 5.82 Å². The first kappa shape index (κ1) is 11.3. The molecule has 0 aliphatic carbocycles. The Morgan fingerprint density at radius 2 is 2.12 bits per heavy atom. The van der Waals surface area contributed by atoms with Crippen molar-refractivity contribution in [1.82, 2.24) is 9.97 Å². The molecule has 1 N–H and O–H groups in total. The molecule has 1 heterocycles. The van der Waals surface area contributed by atoms with E-state index < -0.39 is 0 Å². The summed E-state index contributed by atoms with van der Waals surface area (Å²) in [5.41, 5.74) is 0.741. The van der Waals surface area contributed by atoms with Gasteiger partial charge in [0.1, 0.15) is 11.6 Å². The summed E-state index contributed by atoms with van der Waals surface area (Å²) in [6.07, 6.45) is 1.66. The third kappa shape index (κ3) is 2.50. The minimum absolute atomic E-state index is 0.266. The molecular weight excluding hydrogens is 219 g/mol. The van der Waals surface area contributed by atoms with Crippen molar-refractivity contribution in [1.29, 1.82) is 0 Å².